The lowest BCUT2D eigenvalue weighted by Crippen LogP contribution is -2.30. The number of ether oxygens (including phenoxy) is 1. The quantitative estimate of drug-likeness (QED) is 0.320. The summed E-state index contributed by atoms with van der Waals surface area (Å²) in [6, 6.07) is 6.16. The van der Waals surface area contributed by atoms with Crippen LogP contribution in [0.5, 0.6) is 0 Å². The smallest absolute Gasteiger partial charge is 0.338 e. The molecule has 0 aliphatic heterocycles. The average Bonchev–Trinajstić information content (AvgIpc) is 2.43. The molecule has 110 valence electrons. The number of halogens is 2. The van der Waals surface area contributed by atoms with Crippen molar-refractivity contribution in [2.45, 2.75) is 24.8 Å². The zero-order chi connectivity index (χ0) is 15.2. The van der Waals surface area contributed by atoms with Crippen LogP contribution in [0, 0.1) is 10.1 Å². The Balaban J connectivity index is 2.43. The minimum absolute atomic E-state index is 0.0103. The van der Waals surface area contributed by atoms with Crippen LogP contribution in [0.3, 0.4) is 0 Å². The number of carbonyl (C=O) groups is 1. The van der Waals surface area contributed by atoms with Crippen LogP contribution in [-0.4, -0.2) is 22.4 Å². The number of rotatable bonds is 7. The number of carbonyl (C=O) groups excluding carboxylic acids is 1. The second-order valence-corrected chi connectivity index (χ2v) is 5.45. The van der Waals surface area contributed by atoms with Crippen LogP contribution >= 0.6 is 27.9 Å². The van der Waals surface area contributed by atoms with Gasteiger partial charge in [-0.25, -0.2) is 4.79 Å². The first kappa shape index (κ1) is 16.9. The molecular weight excluding hydrogens is 353 g/mol. The molecule has 1 unspecified atom stereocenters. The molecule has 0 aliphatic carbocycles. The van der Waals surface area contributed by atoms with Gasteiger partial charge in [0.25, 0.3) is 5.69 Å². The van der Waals surface area contributed by atoms with Gasteiger partial charge in [-0.1, -0.05) is 12.1 Å². The zero-order valence-corrected chi connectivity index (χ0v) is 13.0. The summed E-state index contributed by atoms with van der Waals surface area (Å²) in [7, 11) is 0. The molecule has 1 rings (SSSR count). The highest BCUT2D eigenvalue weighted by atomic mass is 79.9. The van der Waals surface area contributed by atoms with E-state index in [2.05, 4.69) is 20.1 Å². The first-order chi connectivity index (χ1) is 9.36. The summed E-state index contributed by atoms with van der Waals surface area (Å²) in [5.41, 5.74) is 0.690. The average molecular weight is 367 g/mol. The molecule has 0 saturated carbocycles. The maximum atomic E-state index is 11.3. The molecular formula is C12H13BrClNO5. The summed E-state index contributed by atoms with van der Waals surface area (Å²) in [4.78, 5) is 20.3. The van der Waals surface area contributed by atoms with E-state index in [0.717, 1.165) is 0 Å². The fourth-order valence-electron chi connectivity index (χ4n) is 1.40. The molecule has 0 aromatic heterocycles. The molecule has 6 nitrogen and oxygen atoms in total. The van der Waals surface area contributed by atoms with Gasteiger partial charge >= 0.3 is 5.97 Å². The van der Waals surface area contributed by atoms with E-state index >= 15 is 0 Å². The third kappa shape index (κ3) is 5.07. The SMILES string of the molecule is CC(Cl)(CCOCc1cccc([N+](=O)[O-])c1)C(=O)OBr. The van der Waals surface area contributed by atoms with E-state index in [9.17, 15) is 14.9 Å². The van der Waals surface area contributed by atoms with Gasteiger partial charge < -0.3 is 8.57 Å². The second-order valence-electron chi connectivity index (χ2n) is 4.29. The van der Waals surface area contributed by atoms with Gasteiger partial charge in [0, 0.05) is 25.2 Å². The van der Waals surface area contributed by atoms with E-state index in [1.54, 1.807) is 12.1 Å². The number of hydrogen-bond acceptors (Lipinski definition) is 5. The van der Waals surface area contributed by atoms with E-state index in [-0.39, 0.29) is 25.3 Å². The lowest BCUT2D eigenvalue weighted by molar-refractivity contribution is -0.384. The number of nitro benzene ring substituents is 1. The van der Waals surface area contributed by atoms with Crippen LogP contribution in [0.15, 0.2) is 24.3 Å². The van der Waals surface area contributed by atoms with Crippen molar-refractivity contribution < 1.29 is 18.3 Å². The van der Waals surface area contributed by atoms with Crippen LogP contribution in [0.2, 0.25) is 0 Å². The number of hydrogen-bond donors (Lipinski definition) is 0. The molecule has 1 atom stereocenters. The third-order valence-corrected chi connectivity index (χ3v) is 3.24. The van der Waals surface area contributed by atoms with Crippen molar-refractivity contribution in [2.75, 3.05) is 6.61 Å². The molecule has 20 heavy (non-hydrogen) atoms. The Labute approximate surface area is 129 Å². The van der Waals surface area contributed by atoms with Crippen LogP contribution in [-0.2, 0) is 20.0 Å². The number of benzene rings is 1. The van der Waals surface area contributed by atoms with Gasteiger partial charge in [-0.05, 0) is 12.5 Å². The number of alkyl halides is 1. The predicted molar refractivity (Wildman–Crippen MR) is 76.6 cm³/mol. The van der Waals surface area contributed by atoms with Crippen LogP contribution < -0.4 is 0 Å². The summed E-state index contributed by atoms with van der Waals surface area (Å²) in [6.45, 7) is 1.96. The van der Waals surface area contributed by atoms with Crippen LogP contribution in [0.1, 0.15) is 18.9 Å². The van der Waals surface area contributed by atoms with Crippen molar-refractivity contribution in [1.29, 1.82) is 0 Å². The lowest BCUT2D eigenvalue weighted by Gasteiger charge is -2.17. The van der Waals surface area contributed by atoms with Gasteiger partial charge in [-0.2, -0.15) is 0 Å². The summed E-state index contributed by atoms with van der Waals surface area (Å²) >= 11 is 8.54. The maximum Gasteiger partial charge on any atom is 0.338 e. The van der Waals surface area contributed by atoms with Crippen molar-refractivity contribution in [3.8, 4) is 0 Å². The normalized spacial score (nSPS) is 13.6. The molecule has 8 heteroatoms. The van der Waals surface area contributed by atoms with Gasteiger partial charge in [-0.3, -0.25) is 10.1 Å². The highest BCUT2D eigenvalue weighted by molar-refractivity contribution is 9.06. The van der Waals surface area contributed by atoms with E-state index in [1.807, 2.05) is 0 Å². The van der Waals surface area contributed by atoms with Crippen molar-refractivity contribution in [3.63, 3.8) is 0 Å². The highest BCUT2D eigenvalue weighted by Gasteiger charge is 2.31. The Morgan fingerprint density at radius 3 is 2.85 bits per heavy atom. The van der Waals surface area contributed by atoms with Crippen molar-refractivity contribution in [3.05, 3.63) is 39.9 Å². The van der Waals surface area contributed by atoms with Gasteiger partial charge in [0.2, 0.25) is 0 Å². The van der Waals surface area contributed by atoms with Gasteiger partial charge in [-0.15, -0.1) is 11.6 Å². The Morgan fingerprint density at radius 1 is 1.55 bits per heavy atom. The molecule has 1 aromatic rings. The molecule has 0 amide bonds. The molecule has 0 saturated heterocycles. The molecule has 0 spiro atoms. The third-order valence-electron chi connectivity index (χ3n) is 2.60. The Kier molecular flexibility index (Phi) is 6.38. The standard InChI is InChI=1S/C12H13BrClNO5/c1-12(14,11(16)20-13)5-6-19-8-9-3-2-4-10(7-9)15(17)18/h2-4,7H,5-6,8H2,1H3. The van der Waals surface area contributed by atoms with Gasteiger partial charge in [0.1, 0.15) is 4.87 Å². The van der Waals surface area contributed by atoms with Crippen molar-refractivity contribution >= 4 is 39.5 Å². The number of nitro groups is 1. The van der Waals surface area contributed by atoms with E-state index < -0.39 is 15.8 Å². The number of nitrogens with zero attached hydrogens (tertiary/aromatic N) is 1. The zero-order valence-electron chi connectivity index (χ0n) is 10.7. The summed E-state index contributed by atoms with van der Waals surface area (Å²) in [6.07, 6.45) is 0.258. The van der Waals surface area contributed by atoms with Crippen LogP contribution in [0.4, 0.5) is 5.69 Å². The minimum atomic E-state index is -1.17. The second kappa shape index (κ2) is 7.56. The topological polar surface area (TPSA) is 78.7 Å². The minimum Gasteiger partial charge on any atom is -0.382 e. The summed E-state index contributed by atoms with van der Waals surface area (Å²) < 4.78 is 9.74. The highest BCUT2D eigenvalue weighted by Crippen LogP contribution is 2.22. The van der Waals surface area contributed by atoms with Gasteiger partial charge in [0.05, 0.1) is 11.5 Å². The maximum absolute atomic E-state index is 11.3. The van der Waals surface area contributed by atoms with E-state index in [0.29, 0.717) is 5.56 Å². The predicted octanol–water partition coefficient (Wildman–Crippen LogP) is 3.35. The first-order valence-corrected chi connectivity index (χ1v) is 6.72. The molecule has 0 aliphatic rings. The molecule has 0 fully saturated rings. The Morgan fingerprint density at radius 2 is 2.25 bits per heavy atom. The number of non-ortho nitro benzene ring substituents is 1. The molecule has 0 N–H and O–H groups in total. The fourth-order valence-corrected chi connectivity index (χ4v) is 1.96. The lowest BCUT2D eigenvalue weighted by atomic mass is 10.1. The van der Waals surface area contributed by atoms with E-state index in [4.69, 9.17) is 16.3 Å². The van der Waals surface area contributed by atoms with Crippen LogP contribution in [0.25, 0.3) is 0 Å². The molecule has 1 aromatic carbocycles. The van der Waals surface area contributed by atoms with Gasteiger partial charge in [0.15, 0.2) is 16.3 Å². The van der Waals surface area contributed by atoms with Crippen molar-refractivity contribution in [2.24, 2.45) is 0 Å². The monoisotopic (exact) mass is 365 g/mol. The Hall–Kier alpha value is -1.18. The molecule has 0 bridgehead atoms. The molecule has 0 heterocycles. The summed E-state index contributed by atoms with van der Waals surface area (Å²) in [5, 5.41) is 10.6. The largest absolute Gasteiger partial charge is 0.382 e. The fraction of sp³-hybridized carbons (Fsp3) is 0.417. The van der Waals surface area contributed by atoms with Crippen molar-refractivity contribution in [1.82, 2.24) is 0 Å². The molecule has 0 radical (unpaired) electrons. The first-order valence-electron chi connectivity index (χ1n) is 5.70. The summed E-state index contributed by atoms with van der Waals surface area (Å²) in [5.74, 6) is -0.599. The Bertz CT molecular complexity index is 494. The van der Waals surface area contributed by atoms with E-state index in [1.165, 1.54) is 19.1 Å².